The second-order valence-corrected chi connectivity index (χ2v) is 34.3. The van der Waals surface area contributed by atoms with Crippen molar-refractivity contribution in [3.8, 4) is 24.2 Å². The molecule has 9 heterocycles. The Bertz CT molecular complexity index is 5670. The second-order valence-electron chi connectivity index (χ2n) is 33.4. The van der Waals surface area contributed by atoms with Gasteiger partial charge in [0.25, 0.3) is 0 Å². The molecule has 4 aromatic carbocycles. The van der Waals surface area contributed by atoms with Gasteiger partial charge in [0.1, 0.15) is 54.2 Å². The van der Waals surface area contributed by atoms with Gasteiger partial charge in [0.2, 0.25) is 47.3 Å². The van der Waals surface area contributed by atoms with Crippen LogP contribution in [0.1, 0.15) is 206 Å². The number of imide groups is 4. The van der Waals surface area contributed by atoms with Crippen LogP contribution < -0.4 is 66.0 Å². The topological polar surface area (TPSA) is 512 Å². The summed E-state index contributed by atoms with van der Waals surface area (Å²) >= 11 is 3.29. The van der Waals surface area contributed by atoms with Crippen LogP contribution in [0.5, 0.6) is 0 Å². The Balaban J connectivity index is 0.000000297. The first-order valence-electron chi connectivity index (χ1n) is 43.4. The van der Waals surface area contributed by atoms with Crippen LogP contribution in [0.2, 0.25) is 0 Å². The zero-order valence-corrected chi connectivity index (χ0v) is 83.6. The van der Waals surface area contributed by atoms with Crippen LogP contribution in [0, 0.1) is 24.2 Å². The van der Waals surface area contributed by atoms with Crippen LogP contribution in [0.25, 0.3) is 44.4 Å². The number of fused-ring (bicyclic) bond motifs is 4. The standard InChI is InChI=1S/C23H31N3O7.C23H27N3O7.C18H23N3O5.C12H9BrN2O4.C11H19NO3.C4H8O.ClH.H3P.Y/c2*1-23(2,3)33-21(29)24-12-6-14-31-13-5-8-15-7-4-9-16-19(15)32-22(30)26(16)17-10-11-18(27)25-20(17)28;19-9-3-11-25-10-2-5-12-4-1-6-13-16(12)26-18(24)21(13)14-7-8-15(22)20-17(14)23;13-6-2-1-3-7-10(6)19-12(18)15(7)8-4-5-9(16)14-11(8)17;1-5-8-14-9-6-7-12-10(13)15-11(2,3)4;1-2-4-5-3-1;;;/h4,7,9,17H,5-6,8,10-14H2,1-3H3,(H,24,29)(H,25,27,28);4,7,9,17H,6,10-14H2,1-3H3,(H,24,29)(H,25,27,28);1,4,6,14H,2-3,5,7-11,19H2,(H,20,22,23);1-3,8H,4-5H2,(H,14,16,17);1H,6-9H2,2-4H3,(H,12,13);1-4H2;1H;1H3;. The maximum Gasteiger partial charge on any atom is 0.420 e. The number of carbonyl (C=O) groups excluding carboxylic acids is 11. The third kappa shape index (κ3) is 36.6. The number of alkyl carbamates (subject to hydrolysis) is 3. The van der Waals surface area contributed by atoms with E-state index in [1.54, 1.807) is 69.3 Å². The first-order chi connectivity index (χ1) is 62.5. The molecule has 1 radical (unpaired) electrons. The zero-order valence-electron chi connectivity index (χ0n) is 76.9. The molecule has 5 aliphatic rings. The van der Waals surface area contributed by atoms with Crippen molar-refractivity contribution in [1.82, 2.24) is 55.5 Å². The summed E-state index contributed by atoms with van der Waals surface area (Å²) in [6, 6.07) is 18.2. The number of piperidine rings is 4. The normalized spacial score (nSPS) is 16.4. The van der Waals surface area contributed by atoms with Crippen LogP contribution in [0.4, 0.5) is 14.4 Å². The SMILES string of the molecule is C#CCOCCCNC(=O)OC(C)(C)C.C1CCOC1.CC(C)(C)OC(=O)NCCCOCC#Cc1cccc2c1oc(=O)n2C1CCC(=O)NC1=O.CC(C)(C)OC(=O)NCCCOCCCc1cccc2c1oc(=O)n2C1CCC(=O)NC1=O.Cl.NCCCOCCCc1cccc2c1oc(=O)n2C1CCC(=O)NC1=O.O=C1CCC(n2c(=O)oc3c(Br)cccc32)C(=O)N1.P.[Y]. The predicted molar refractivity (Wildman–Crippen MR) is 500 cm³/mol. The number of oxazole rings is 4. The van der Waals surface area contributed by atoms with Crippen LogP contribution in [-0.2, 0) is 122 Å². The van der Waals surface area contributed by atoms with E-state index in [9.17, 15) is 71.9 Å². The number of nitrogens with zero attached hydrogens (tertiary/aromatic N) is 4. The molecular weight excluding hydrogens is 1930 g/mol. The van der Waals surface area contributed by atoms with Gasteiger partial charge in [-0.3, -0.25) is 77.9 Å². The van der Waals surface area contributed by atoms with Crippen molar-refractivity contribution in [1.29, 1.82) is 0 Å². The van der Waals surface area contributed by atoms with Gasteiger partial charge in [-0.15, -0.1) is 18.8 Å². The van der Waals surface area contributed by atoms with Crippen molar-refractivity contribution in [2.45, 2.75) is 219 Å². The minimum Gasteiger partial charge on any atom is -0.444 e. The Morgan fingerprint density at radius 3 is 1.10 bits per heavy atom. The van der Waals surface area contributed by atoms with Crippen molar-refractivity contribution in [3.05, 3.63) is 136 Å². The predicted octanol–water partition coefficient (Wildman–Crippen LogP) is 9.32. The van der Waals surface area contributed by atoms with Crippen LogP contribution in [0.15, 0.2) is 114 Å². The molecule has 11 amide bonds. The molecule has 0 saturated carbocycles. The summed E-state index contributed by atoms with van der Waals surface area (Å²) in [6.07, 6.45) is 13.7. The zero-order chi connectivity index (χ0) is 95.4. The van der Waals surface area contributed by atoms with Crippen molar-refractivity contribution in [2.24, 2.45) is 5.73 Å². The summed E-state index contributed by atoms with van der Waals surface area (Å²) in [4.78, 5) is 177. The van der Waals surface area contributed by atoms with E-state index >= 15 is 0 Å². The van der Waals surface area contributed by atoms with E-state index < -0.39 is 106 Å². The fraction of sp³-hybridized carbons (Fsp3) is 0.527. The Labute approximate surface area is 816 Å². The van der Waals surface area contributed by atoms with Gasteiger partial charge in [0.15, 0.2) is 22.3 Å². The van der Waals surface area contributed by atoms with Crippen molar-refractivity contribution in [2.75, 3.05) is 92.2 Å². The number of carbonyl (C=O) groups is 11. The van der Waals surface area contributed by atoms with E-state index in [-0.39, 0.29) is 129 Å². The third-order valence-electron chi connectivity index (χ3n) is 19.5. The molecule has 9 N–H and O–H groups in total. The molecular formula is C91H121BrClN12O27PY. The molecule has 13 rings (SSSR count). The summed E-state index contributed by atoms with van der Waals surface area (Å²) in [7, 11) is 0. The Kier molecular flexibility index (Phi) is 48.3. The minimum absolute atomic E-state index is 0. The summed E-state index contributed by atoms with van der Waals surface area (Å²) < 4.78 is 69.2. The van der Waals surface area contributed by atoms with Gasteiger partial charge in [-0.2, -0.15) is 9.90 Å². The largest absolute Gasteiger partial charge is 0.444 e. The van der Waals surface area contributed by atoms with Gasteiger partial charge in [0.05, 0.1) is 32.1 Å². The number of nitrogens with two attached hydrogens (primary N) is 1. The molecule has 5 saturated heterocycles. The number of aromatic nitrogens is 4. The average Bonchev–Trinajstić information content (AvgIpc) is 1.64. The Morgan fingerprint density at radius 1 is 0.448 bits per heavy atom. The first-order valence-corrected chi connectivity index (χ1v) is 44.2. The van der Waals surface area contributed by atoms with Gasteiger partial charge in [-0.1, -0.05) is 54.2 Å². The van der Waals surface area contributed by atoms with Crippen LogP contribution >= 0.6 is 38.2 Å². The molecule has 8 aromatic rings. The maximum absolute atomic E-state index is 12.5. The number of hydrogen-bond donors (Lipinski definition) is 8. The first kappa shape index (κ1) is 114. The number of aryl methyl sites for hydroxylation is 2. The number of nitrogens with one attached hydrogen (secondary N) is 7. The molecule has 0 spiro atoms. The number of hydrogen-bond acceptors (Lipinski definition) is 28. The number of terminal acetylenes is 1. The molecule has 5 atom stereocenters. The Morgan fingerprint density at radius 2 is 0.761 bits per heavy atom. The molecule has 4 aromatic heterocycles. The van der Waals surface area contributed by atoms with Gasteiger partial charge in [-0.25, -0.2) is 33.6 Å². The fourth-order valence-electron chi connectivity index (χ4n) is 13.7. The van der Waals surface area contributed by atoms with E-state index in [1.165, 1.54) is 31.1 Å². The summed E-state index contributed by atoms with van der Waals surface area (Å²) in [5.41, 5.74) is 9.86. The van der Waals surface area contributed by atoms with E-state index in [0.717, 1.165) is 43.6 Å². The van der Waals surface area contributed by atoms with Crippen molar-refractivity contribution < 1.29 is 141 Å². The maximum atomic E-state index is 12.5. The number of benzene rings is 4. The summed E-state index contributed by atoms with van der Waals surface area (Å²) in [5, 5.41) is 17.0. The molecule has 5 unspecified atom stereocenters. The fourth-order valence-corrected chi connectivity index (χ4v) is 14.2. The second kappa shape index (κ2) is 56.8. The van der Waals surface area contributed by atoms with Crippen molar-refractivity contribution in [3.63, 3.8) is 0 Å². The molecule has 729 valence electrons. The van der Waals surface area contributed by atoms with Crippen LogP contribution in [-0.4, -0.2) is 193 Å². The Hall–Kier alpha value is -10.5. The number of amides is 11. The van der Waals surface area contributed by atoms with Gasteiger partial charge in [-0.05, 0) is 222 Å². The van der Waals surface area contributed by atoms with Crippen LogP contribution in [0.3, 0.4) is 0 Å². The van der Waals surface area contributed by atoms with E-state index in [0.29, 0.717) is 166 Å². The number of halogens is 2. The quantitative estimate of drug-likeness (QED) is 0.00711. The molecule has 134 heavy (non-hydrogen) atoms. The van der Waals surface area contributed by atoms with Crippen molar-refractivity contribution >= 4 is 148 Å². The smallest absolute Gasteiger partial charge is 0.420 e. The summed E-state index contributed by atoms with van der Waals surface area (Å²) in [6.45, 7) is 24.0. The molecule has 0 aliphatic carbocycles. The molecule has 43 heteroatoms. The number of ether oxygens (including phenoxy) is 8. The van der Waals surface area contributed by atoms with Gasteiger partial charge >= 0.3 is 41.3 Å². The average molecular weight is 2050 g/mol. The minimum atomic E-state index is -0.808. The molecule has 0 bridgehead atoms. The third-order valence-corrected chi connectivity index (χ3v) is 20.2. The molecule has 39 nitrogen and oxygen atoms in total. The van der Waals surface area contributed by atoms with E-state index in [2.05, 4.69) is 70.9 Å². The molecule has 5 fully saturated rings. The van der Waals surface area contributed by atoms with Gasteiger partial charge in [0, 0.05) is 131 Å². The summed E-state index contributed by atoms with van der Waals surface area (Å²) in [5.74, 6) is 2.40. The number of para-hydroxylation sites is 4. The monoisotopic (exact) mass is 2050 g/mol. The number of rotatable bonds is 29. The van der Waals surface area contributed by atoms with E-state index in [4.69, 9.17) is 67.7 Å². The molecule has 5 aliphatic heterocycles. The van der Waals surface area contributed by atoms with E-state index in [1.807, 2.05) is 65.8 Å². The van der Waals surface area contributed by atoms with Gasteiger partial charge < -0.3 is 77.2 Å².